The Labute approximate surface area is 167 Å². The monoisotopic (exact) mass is 390 g/mol. The number of methoxy groups -OCH3 is 3. The molecular formula is C22H18N2O5. The molecule has 0 amide bonds. The van der Waals surface area contributed by atoms with Crippen LogP contribution in [0.5, 0.6) is 23.1 Å². The van der Waals surface area contributed by atoms with Gasteiger partial charge in [0.15, 0.2) is 5.75 Å². The van der Waals surface area contributed by atoms with Crippen molar-refractivity contribution in [2.75, 3.05) is 21.3 Å². The zero-order valence-electron chi connectivity index (χ0n) is 16.1. The van der Waals surface area contributed by atoms with Crippen LogP contribution < -0.4 is 19.6 Å². The molecule has 1 N–H and O–H groups in total. The van der Waals surface area contributed by atoms with E-state index in [4.69, 9.17) is 14.2 Å². The van der Waals surface area contributed by atoms with Gasteiger partial charge in [-0.3, -0.25) is 4.79 Å². The zero-order valence-corrected chi connectivity index (χ0v) is 16.1. The fourth-order valence-electron chi connectivity index (χ4n) is 2.94. The maximum absolute atomic E-state index is 12.0. The maximum Gasteiger partial charge on any atom is 0.232 e. The van der Waals surface area contributed by atoms with Crippen molar-refractivity contribution in [1.82, 2.24) is 4.98 Å². The van der Waals surface area contributed by atoms with E-state index in [1.54, 1.807) is 43.5 Å². The third kappa shape index (κ3) is 3.69. The predicted molar refractivity (Wildman–Crippen MR) is 107 cm³/mol. The van der Waals surface area contributed by atoms with Gasteiger partial charge in [-0.25, -0.2) is 4.98 Å². The maximum atomic E-state index is 12.0. The van der Waals surface area contributed by atoms with Gasteiger partial charge in [-0.2, -0.15) is 5.26 Å². The molecule has 29 heavy (non-hydrogen) atoms. The molecule has 146 valence electrons. The van der Waals surface area contributed by atoms with Gasteiger partial charge in [0, 0.05) is 22.8 Å². The summed E-state index contributed by atoms with van der Waals surface area (Å²) in [6, 6.07) is 14.9. The third-order valence-corrected chi connectivity index (χ3v) is 4.38. The van der Waals surface area contributed by atoms with Crippen molar-refractivity contribution < 1.29 is 19.3 Å². The average molecular weight is 390 g/mol. The minimum Gasteiger partial charge on any atom is -0.504 e. The molecule has 0 aliphatic rings. The summed E-state index contributed by atoms with van der Waals surface area (Å²) >= 11 is 0. The fourth-order valence-corrected chi connectivity index (χ4v) is 2.94. The molecule has 3 rings (SSSR count). The molecule has 3 aromatic rings. The molecule has 0 aliphatic carbocycles. The quantitative estimate of drug-likeness (QED) is 0.712. The number of hydrogen-bond donors (Lipinski definition) is 1. The van der Waals surface area contributed by atoms with Crippen LogP contribution in [0.25, 0.3) is 22.4 Å². The summed E-state index contributed by atoms with van der Waals surface area (Å²) < 4.78 is 16.0. The topological polar surface area (TPSA) is 102 Å². The first kappa shape index (κ1) is 19.7. The van der Waals surface area contributed by atoms with E-state index in [0.29, 0.717) is 22.6 Å². The molecule has 1 aromatic heterocycles. The van der Waals surface area contributed by atoms with E-state index in [0.717, 1.165) is 0 Å². The van der Waals surface area contributed by atoms with Gasteiger partial charge in [0.2, 0.25) is 11.3 Å². The van der Waals surface area contributed by atoms with Crippen LogP contribution in [0.1, 0.15) is 5.56 Å². The van der Waals surface area contributed by atoms with Crippen LogP contribution >= 0.6 is 0 Å². The molecule has 0 saturated carbocycles. The molecule has 7 heteroatoms. The molecule has 0 radical (unpaired) electrons. The standard InChI is InChI=1S/C22H18N2O5/c1-27-13-8-9-14(20(10-13)28-2)16-11-18(24-22(29-3)17(16)12-23)15-6-4-5-7-19(25)21(15)26/h4-11H,1-3H3,(H,25,26). The average Bonchev–Trinajstić information content (AvgIpc) is 2.93. The Hall–Kier alpha value is -4.05. The number of nitriles is 1. The molecule has 0 spiro atoms. The van der Waals surface area contributed by atoms with Crippen molar-refractivity contribution >= 4 is 0 Å². The lowest BCUT2D eigenvalue weighted by atomic mass is 9.98. The van der Waals surface area contributed by atoms with Crippen molar-refractivity contribution in [3.63, 3.8) is 0 Å². The Balaban J connectivity index is 2.37. The lowest BCUT2D eigenvalue weighted by Gasteiger charge is -2.15. The van der Waals surface area contributed by atoms with E-state index in [2.05, 4.69) is 11.1 Å². The van der Waals surface area contributed by atoms with E-state index in [9.17, 15) is 15.2 Å². The van der Waals surface area contributed by atoms with Gasteiger partial charge in [-0.1, -0.05) is 12.1 Å². The highest BCUT2D eigenvalue weighted by Gasteiger charge is 2.20. The van der Waals surface area contributed by atoms with Crippen molar-refractivity contribution in [1.29, 1.82) is 5.26 Å². The second-order valence-electron chi connectivity index (χ2n) is 5.96. The molecule has 0 fully saturated rings. The number of nitrogens with zero attached hydrogens (tertiary/aromatic N) is 2. The first-order valence-corrected chi connectivity index (χ1v) is 8.58. The number of benzene rings is 1. The van der Waals surface area contributed by atoms with Gasteiger partial charge in [-0.05, 0) is 30.3 Å². The summed E-state index contributed by atoms with van der Waals surface area (Å²) in [4.78, 5) is 16.3. The van der Waals surface area contributed by atoms with Crippen LogP contribution in [0, 0.1) is 11.3 Å². The molecular weight excluding hydrogens is 372 g/mol. The highest BCUT2D eigenvalue weighted by atomic mass is 16.5. The first-order valence-electron chi connectivity index (χ1n) is 8.58. The minimum absolute atomic E-state index is 0.0660. The van der Waals surface area contributed by atoms with Gasteiger partial charge < -0.3 is 19.3 Å². The number of ether oxygens (including phenoxy) is 3. The highest BCUT2D eigenvalue weighted by molar-refractivity contribution is 5.82. The normalized spacial score (nSPS) is 10.1. The Morgan fingerprint density at radius 3 is 2.34 bits per heavy atom. The van der Waals surface area contributed by atoms with Crippen LogP contribution in [-0.2, 0) is 0 Å². The largest absolute Gasteiger partial charge is 0.504 e. The van der Waals surface area contributed by atoms with Crippen LogP contribution in [0.3, 0.4) is 0 Å². The smallest absolute Gasteiger partial charge is 0.232 e. The van der Waals surface area contributed by atoms with E-state index in [1.807, 2.05) is 0 Å². The SMILES string of the molecule is COc1ccc(-c2cc(-c3ccccc(=O)c3O)nc(OC)c2C#N)c(OC)c1. The summed E-state index contributed by atoms with van der Waals surface area (Å²) in [6.07, 6.45) is 0. The van der Waals surface area contributed by atoms with Crippen LogP contribution in [0.4, 0.5) is 0 Å². The summed E-state index contributed by atoms with van der Waals surface area (Å²) in [5, 5.41) is 20.1. The summed E-state index contributed by atoms with van der Waals surface area (Å²) in [6.45, 7) is 0. The molecule has 1 heterocycles. The van der Waals surface area contributed by atoms with Gasteiger partial charge in [0.05, 0.1) is 27.0 Å². The summed E-state index contributed by atoms with van der Waals surface area (Å²) in [5.74, 6) is 0.694. The van der Waals surface area contributed by atoms with Crippen molar-refractivity contribution in [2.45, 2.75) is 0 Å². The molecule has 0 aliphatic heterocycles. The zero-order chi connectivity index (χ0) is 21.0. The minimum atomic E-state index is -0.543. The predicted octanol–water partition coefficient (Wildman–Crippen LogP) is 3.38. The number of hydrogen-bond acceptors (Lipinski definition) is 7. The van der Waals surface area contributed by atoms with Crippen molar-refractivity contribution in [3.05, 3.63) is 64.3 Å². The molecule has 7 nitrogen and oxygen atoms in total. The van der Waals surface area contributed by atoms with Gasteiger partial charge in [0.1, 0.15) is 23.1 Å². The van der Waals surface area contributed by atoms with Crippen molar-refractivity contribution in [3.8, 4) is 51.6 Å². The van der Waals surface area contributed by atoms with E-state index in [1.165, 1.54) is 26.4 Å². The van der Waals surface area contributed by atoms with E-state index < -0.39 is 11.2 Å². The van der Waals surface area contributed by atoms with Crippen LogP contribution in [-0.4, -0.2) is 31.4 Å². The van der Waals surface area contributed by atoms with Crippen molar-refractivity contribution in [2.24, 2.45) is 0 Å². The van der Waals surface area contributed by atoms with Gasteiger partial charge >= 0.3 is 0 Å². The van der Waals surface area contributed by atoms with E-state index in [-0.39, 0.29) is 22.7 Å². The molecule has 0 unspecified atom stereocenters. The summed E-state index contributed by atoms with van der Waals surface area (Å²) in [5.41, 5.74) is 1.23. The first-order chi connectivity index (χ1) is 14.0. The van der Waals surface area contributed by atoms with Gasteiger partial charge in [-0.15, -0.1) is 0 Å². The number of pyridine rings is 1. The van der Waals surface area contributed by atoms with Crippen LogP contribution in [0.2, 0.25) is 0 Å². The Kier molecular flexibility index (Phi) is 5.65. The Morgan fingerprint density at radius 1 is 0.931 bits per heavy atom. The second-order valence-corrected chi connectivity index (χ2v) is 5.96. The second kappa shape index (κ2) is 8.31. The summed E-state index contributed by atoms with van der Waals surface area (Å²) in [7, 11) is 4.45. The van der Waals surface area contributed by atoms with Crippen LogP contribution in [0.15, 0.2) is 53.3 Å². The molecule has 0 saturated heterocycles. The van der Waals surface area contributed by atoms with E-state index >= 15 is 0 Å². The lowest BCUT2D eigenvalue weighted by molar-refractivity contribution is 0.394. The lowest BCUT2D eigenvalue weighted by Crippen LogP contribution is -2.00. The highest BCUT2D eigenvalue weighted by Crippen LogP contribution is 2.40. The molecule has 2 aromatic carbocycles. The van der Waals surface area contributed by atoms with Gasteiger partial charge in [0.25, 0.3) is 0 Å². The fraction of sp³-hybridized carbons (Fsp3) is 0.136. The Bertz CT molecular complexity index is 1170. The third-order valence-electron chi connectivity index (χ3n) is 4.38. The Morgan fingerprint density at radius 2 is 1.69 bits per heavy atom. The number of rotatable bonds is 5. The number of aromatic hydroxyl groups is 1. The molecule has 0 atom stereocenters. The molecule has 0 bridgehead atoms. The number of aromatic nitrogens is 1.